The Morgan fingerprint density at radius 3 is 1.75 bits per heavy atom. The van der Waals surface area contributed by atoms with E-state index in [-0.39, 0.29) is 0 Å². The van der Waals surface area contributed by atoms with Crippen LogP contribution in [-0.2, 0) is 14.4 Å². The zero-order valence-electron chi connectivity index (χ0n) is 19.1. The second-order valence-corrected chi connectivity index (χ2v) is 7.39. The van der Waals surface area contributed by atoms with E-state index in [1.807, 2.05) is 12.1 Å². The highest BCUT2D eigenvalue weighted by molar-refractivity contribution is 5.89. The maximum atomic E-state index is 14.1. The van der Waals surface area contributed by atoms with Gasteiger partial charge in [0, 0.05) is 17.7 Å². The van der Waals surface area contributed by atoms with Gasteiger partial charge in [-0.2, -0.15) is 8.78 Å². The third-order valence-corrected chi connectivity index (χ3v) is 4.67. The van der Waals surface area contributed by atoms with Crippen molar-refractivity contribution in [2.45, 2.75) is 6.92 Å². The van der Waals surface area contributed by atoms with Crippen molar-refractivity contribution in [2.24, 2.45) is 0 Å². The van der Waals surface area contributed by atoms with Gasteiger partial charge in [0.1, 0.15) is 5.75 Å². The first-order valence-electron chi connectivity index (χ1n) is 10.5. The molecule has 0 aliphatic carbocycles. The number of halogens is 2. The molecule has 8 heteroatoms. The molecule has 0 saturated heterocycles. The van der Waals surface area contributed by atoms with Gasteiger partial charge in [0.25, 0.3) is 0 Å². The number of benzene rings is 3. The molecule has 0 N–H and O–H groups in total. The van der Waals surface area contributed by atoms with Crippen molar-refractivity contribution in [1.82, 2.24) is 0 Å². The van der Waals surface area contributed by atoms with E-state index in [1.54, 1.807) is 43.3 Å². The molecule has 3 rings (SSSR count). The van der Waals surface area contributed by atoms with Crippen molar-refractivity contribution in [1.29, 1.82) is 0 Å². The van der Waals surface area contributed by atoms with Crippen LogP contribution in [0.25, 0.3) is 17.2 Å². The van der Waals surface area contributed by atoms with Crippen LogP contribution in [0.4, 0.5) is 8.78 Å². The molecular weight excluding hydrogens is 470 g/mol. The molecule has 3 aromatic rings. The van der Waals surface area contributed by atoms with Crippen molar-refractivity contribution in [3.63, 3.8) is 0 Å². The Balaban J connectivity index is 1.63. The topological polar surface area (TPSA) is 78.9 Å². The van der Waals surface area contributed by atoms with Gasteiger partial charge >= 0.3 is 17.9 Å². The molecule has 0 saturated carbocycles. The van der Waals surface area contributed by atoms with E-state index >= 15 is 0 Å². The third-order valence-electron chi connectivity index (χ3n) is 4.67. The minimum Gasteiger partial charge on any atom is -0.423 e. The molecule has 6 nitrogen and oxygen atoms in total. The highest BCUT2D eigenvalue weighted by Gasteiger charge is 2.18. The molecule has 0 aliphatic heterocycles. The fourth-order valence-corrected chi connectivity index (χ4v) is 2.82. The van der Waals surface area contributed by atoms with E-state index in [0.29, 0.717) is 16.9 Å². The summed E-state index contributed by atoms with van der Waals surface area (Å²) in [5.41, 5.74) is 2.71. The summed E-state index contributed by atoms with van der Waals surface area (Å²) in [7, 11) is 0. The highest BCUT2D eigenvalue weighted by Crippen LogP contribution is 2.28. The first kappa shape index (κ1) is 25.8. The van der Waals surface area contributed by atoms with Gasteiger partial charge in [-0.25, -0.2) is 14.4 Å². The molecule has 0 atom stereocenters. The molecule has 0 aromatic heterocycles. The molecule has 0 aliphatic rings. The van der Waals surface area contributed by atoms with Gasteiger partial charge in [0.05, 0.1) is 0 Å². The van der Waals surface area contributed by atoms with E-state index in [2.05, 4.69) is 17.9 Å². The molecule has 0 fully saturated rings. The quantitative estimate of drug-likeness (QED) is 0.225. The van der Waals surface area contributed by atoms with Gasteiger partial charge in [-0.1, -0.05) is 49.6 Å². The maximum Gasteiger partial charge on any atom is 0.338 e. The van der Waals surface area contributed by atoms with E-state index in [4.69, 9.17) is 9.47 Å². The summed E-state index contributed by atoms with van der Waals surface area (Å²) in [4.78, 5) is 34.8. The van der Waals surface area contributed by atoms with E-state index in [1.165, 1.54) is 6.08 Å². The normalized spacial score (nSPS) is 10.5. The number of carbonyl (C=O) groups excluding carboxylic acids is 3. The summed E-state index contributed by atoms with van der Waals surface area (Å²) in [6, 6.07) is 16.0. The summed E-state index contributed by atoms with van der Waals surface area (Å²) in [5, 5.41) is 0. The SMILES string of the molecule is C=CC(=O)Oc1ccc(OC(=O)/C=C/c2ccc(-c3ccc(OC(=O)C(=C)C)cc3)cc2)c(F)c1F. The maximum absolute atomic E-state index is 14.1. The monoisotopic (exact) mass is 490 g/mol. The third kappa shape index (κ3) is 6.60. The van der Waals surface area contributed by atoms with Crippen LogP contribution >= 0.6 is 0 Å². The van der Waals surface area contributed by atoms with Crippen LogP contribution in [0, 0.1) is 11.6 Å². The van der Waals surface area contributed by atoms with Crippen LogP contribution in [-0.4, -0.2) is 17.9 Å². The zero-order chi connectivity index (χ0) is 26.2. The second-order valence-electron chi connectivity index (χ2n) is 7.39. The van der Waals surface area contributed by atoms with Crippen LogP contribution in [0.1, 0.15) is 12.5 Å². The Bertz CT molecular complexity index is 1360. The summed E-state index contributed by atoms with van der Waals surface area (Å²) in [6.45, 7) is 8.26. The average Bonchev–Trinajstić information content (AvgIpc) is 2.88. The summed E-state index contributed by atoms with van der Waals surface area (Å²) < 4.78 is 42.7. The summed E-state index contributed by atoms with van der Waals surface area (Å²) >= 11 is 0. The molecule has 0 spiro atoms. The minimum atomic E-state index is -1.48. The molecule has 3 aromatic carbocycles. The van der Waals surface area contributed by atoms with Crippen molar-refractivity contribution < 1.29 is 37.4 Å². The highest BCUT2D eigenvalue weighted by atomic mass is 19.2. The first-order valence-corrected chi connectivity index (χ1v) is 10.5. The molecule has 0 unspecified atom stereocenters. The fourth-order valence-electron chi connectivity index (χ4n) is 2.82. The molecule has 0 heterocycles. The Labute approximate surface area is 205 Å². The van der Waals surface area contributed by atoms with Gasteiger partial charge in [0.15, 0.2) is 11.5 Å². The summed E-state index contributed by atoms with van der Waals surface area (Å²) in [5.74, 6) is -6.28. The Hall–Kier alpha value is -4.85. The number of hydrogen-bond donors (Lipinski definition) is 0. The van der Waals surface area contributed by atoms with Crippen LogP contribution in [0.3, 0.4) is 0 Å². The lowest BCUT2D eigenvalue weighted by molar-refractivity contribution is -0.130. The van der Waals surface area contributed by atoms with Crippen molar-refractivity contribution in [2.75, 3.05) is 0 Å². The van der Waals surface area contributed by atoms with Gasteiger partial charge in [-0.15, -0.1) is 0 Å². The molecule has 0 radical (unpaired) electrons. The van der Waals surface area contributed by atoms with Gasteiger partial charge in [-0.3, -0.25) is 0 Å². The smallest absolute Gasteiger partial charge is 0.338 e. The van der Waals surface area contributed by atoms with Gasteiger partial charge in [0.2, 0.25) is 11.6 Å². The molecule has 36 heavy (non-hydrogen) atoms. The number of esters is 3. The Morgan fingerprint density at radius 1 is 0.750 bits per heavy atom. The Morgan fingerprint density at radius 2 is 1.25 bits per heavy atom. The van der Waals surface area contributed by atoms with Crippen molar-refractivity contribution in [3.05, 3.63) is 109 Å². The zero-order valence-corrected chi connectivity index (χ0v) is 19.1. The fraction of sp³-hybridized carbons (Fsp3) is 0.0357. The first-order chi connectivity index (χ1) is 17.2. The lowest BCUT2D eigenvalue weighted by atomic mass is 10.0. The number of hydrogen-bond acceptors (Lipinski definition) is 6. The minimum absolute atomic E-state index is 0.299. The lowest BCUT2D eigenvalue weighted by Crippen LogP contribution is -2.09. The van der Waals surface area contributed by atoms with Crippen molar-refractivity contribution >= 4 is 24.0 Å². The predicted octanol–water partition coefficient (Wildman–Crippen LogP) is 5.82. The van der Waals surface area contributed by atoms with Gasteiger partial charge in [-0.05, 0) is 54.0 Å². The summed E-state index contributed by atoms with van der Waals surface area (Å²) in [6.07, 6.45) is 3.30. The van der Waals surface area contributed by atoms with Crippen LogP contribution < -0.4 is 14.2 Å². The predicted molar refractivity (Wildman–Crippen MR) is 129 cm³/mol. The number of ether oxygens (including phenoxy) is 3. The van der Waals surface area contributed by atoms with Crippen molar-refractivity contribution in [3.8, 4) is 28.4 Å². The number of rotatable bonds is 8. The number of carbonyl (C=O) groups is 3. The molecular formula is C28H20F2O6. The Kier molecular flexibility index (Phi) is 8.25. The van der Waals surface area contributed by atoms with Crippen LogP contribution in [0.15, 0.2) is 91.5 Å². The lowest BCUT2D eigenvalue weighted by Gasteiger charge is -2.07. The van der Waals surface area contributed by atoms with Crippen LogP contribution in [0.5, 0.6) is 17.2 Å². The molecule has 182 valence electrons. The van der Waals surface area contributed by atoms with Crippen LogP contribution in [0.2, 0.25) is 0 Å². The average molecular weight is 490 g/mol. The molecule has 0 amide bonds. The van der Waals surface area contributed by atoms with E-state index < -0.39 is 41.0 Å². The second kappa shape index (κ2) is 11.5. The van der Waals surface area contributed by atoms with E-state index in [9.17, 15) is 23.2 Å². The standard InChI is InChI=1S/C28H20F2O6/c1-4-24(31)35-22-14-15-23(27(30)26(22)29)36-25(32)16-7-18-5-8-19(9-6-18)20-10-12-21(13-11-20)34-28(33)17(2)3/h4-16H,1-2H2,3H3/b16-7+. The molecule has 0 bridgehead atoms. The van der Waals surface area contributed by atoms with Gasteiger partial charge < -0.3 is 14.2 Å². The largest absolute Gasteiger partial charge is 0.423 e. The van der Waals surface area contributed by atoms with E-state index in [0.717, 1.165) is 35.4 Å².